The molecule has 0 aliphatic carbocycles. The third kappa shape index (κ3) is 3.35. The molecule has 0 radical (unpaired) electrons. The summed E-state index contributed by atoms with van der Waals surface area (Å²) in [5.41, 5.74) is 1.73. The first-order chi connectivity index (χ1) is 8.16. The fourth-order valence-corrected chi connectivity index (χ4v) is 2.12. The third-order valence-electron chi connectivity index (χ3n) is 2.18. The Morgan fingerprint density at radius 2 is 1.88 bits per heavy atom. The largest absolute Gasteiger partial charge is 0.378 e. The average molecular weight is 332 g/mol. The Hall–Kier alpha value is -0.770. The maximum absolute atomic E-state index is 6.07. The first-order valence-electron chi connectivity index (χ1n) is 4.96. The van der Waals surface area contributed by atoms with Gasteiger partial charge in [-0.05, 0) is 40.2 Å². The molecule has 0 saturated heterocycles. The van der Waals surface area contributed by atoms with E-state index in [2.05, 4.69) is 26.2 Å². The maximum Gasteiger partial charge on any atom is 0.106 e. The zero-order chi connectivity index (χ0) is 12.3. The molecule has 0 fully saturated rings. The van der Waals surface area contributed by atoms with Crippen LogP contribution in [0, 0.1) is 0 Å². The molecule has 0 spiro atoms. The lowest BCUT2D eigenvalue weighted by Crippen LogP contribution is -2.02. The van der Waals surface area contributed by atoms with Gasteiger partial charge >= 0.3 is 0 Å². The molecular formula is C12H9BrCl2N2. The number of pyridine rings is 1. The molecule has 1 N–H and O–H groups in total. The Labute approximate surface area is 118 Å². The highest BCUT2D eigenvalue weighted by atomic mass is 79.9. The standard InChI is InChI=1S/C12H9BrCl2N2/c13-11-6-1-3-8(17-11)7-16-10-5-2-4-9(14)12(10)15/h1-6,16H,7H2. The van der Waals surface area contributed by atoms with Crippen molar-refractivity contribution in [2.24, 2.45) is 0 Å². The highest BCUT2D eigenvalue weighted by Crippen LogP contribution is 2.29. The van der Waals surface area contributed by atoms with Crippen LogP contribution in [-0.2, 0) is 6.54 Å². The van der Waals surface area contributed by atoms with Gasteiger partial charge in [0.2, 0.25) is 0 Å². The van der Waals surface area contributed by atoms with Crippen LogP contribution in [0.4, 0.5) is 5.69 Å². The lowest BCUT2D eigenvalue weighted by atomic mass is 10.3. The van der Waals surface area contributed by atoms with Gasteiger partial charge in [0.15, 0.2) is 0 Å². The van der Waals surface area contributed by atoms with Gasteiger partial charge in [0.1, 0.15) is 4.60 Å². The van der Waals surface area contributed by atoms with E-state index in [9.17, 15) is 0 Å². The fraction of sp³-hybridized carbons (Fsp3) is 0.0833. The topological polar surface area (TPSA) is 24.9 Å². The molecule has 0 unspecified atom stereocenters. The van der Waals surface area contributed by atoms with E-state index >= 15 is 0 Å². The summed E-state index contributed by atoms with van der Waals surface area (Å²) in [6.07, 6.45) is 0. The molecule has 2 nitrogen and oxygen atoms in total. The predicted octanol–water partition coefficient (Wildman–Crippen LogP) is 4.76. The number of anilines is 1. The normalized spacial score (nSPS) is 10.3. The second-order valence-electron chi connectivity index (χ2n) is 3.41. The number of benzene rings is 1. The highest BCUT2D eigenvalue weighted by molar-refractivity contribution is 9.10. The van der Waals surface area contributed by atoms with Crippen LogP contribution >= 0.6 is 39.1 Å². The Morgan fingerprint density at radius 1 is 1.12 bits per heavy atom. The highest BCUT2D eigenvalue weighted by Gasteiger charge is 2.04. The van der Waals surface area contributed by atoms with Gasteiger partial charge in [-0.15, -0.1) is 0 Å². The SMILES string of the molecule is Clc1cccc(NCc2cccc(Br)n2)c1Cl. The minimum atomic E-state index is 0.532. The third-order valence-corrected chi connectivity index (χ3v) is 3.44. The summed E-state index contributed by atoms with van der Waals surface area (Å²) >= 11 is 15.3. The van der Waals surface area contributed by atoms with Crippen LogP contribution in [0.3, 0.4) is 0 Å². The summed E-state index contributed by atoms with van der Waals surface area (Å²) in [7, 11) is 0. The number of halogens is 3. The Balaban J connectivity index is 2.10. The Bertz CT molecular complexity index is 532. The first-order valence-corrected chi connectivity index (χ1v) is 6.51. The molecule has 0 atom stereocenters. The Kier molecular flexibility index (Phi) is 4.26. The fourth-order valence-electron chi connectivity index (χ4n) is 1.37. The van der Waals surface area contributed by atoms with E-state index in [1.165, 1.54) is 0 Å². The van der Waals surface area contributed by atoms with E-state index in [1.54, 1.807) is 6.07 Å². The van der Waals surface area contributed by atoms with Gasteiger partial charge in [0.05, 0.1) is 28.0 Å². The number of nitrogens with zero attached hydrogens (tertiary/aromatic N) is 1. The quantitative estimate of drug-likeness (QED) is 0.820. The van der Waals surface area contributed by atoms with Gasteiger partial charge < -0.3 is 5.32 Å². The van der Waals surface area contributed by atoms with Gasteiger partial charge in [-0.25, -0.2) is 4.98 Å². The van der Waals surface area contributed by atoms with E-state index in [-0.39, 0.29) is 0 Å². The summed E-state index contributed by atoms with van der Waals surface area (Å²) in [4.78, 5) is 4.32. The second-order valence-corrected chi connectivity index (χ2v) is 5.00. The molecule has 1 heterocycles. The molecule has 17 heavy (non-hydrogen) atoms. The van der Waals surface area contributed by atoms with E-state index in [4.69, 9.17) is 23.2 Å². The van der Waals surface area contributed by atoms with Gasteiger partial charge in [0.25, 0.3) is 0 Å². The van der Waals surface area contributed by atoms with Crippen LogP contribution in [0.2, 0.25) is 10.0 Å². The molecule has 2 aromatic rings. The minimum Gasteiger partial charge on any atom is -0.378 e. The minimum absolute atomic E-state index is 0.532. The van der Waals surface area contributed by atoms with Gasteiger partial charge in [-0.1, -0.05) is 35.3 Å². The van der Waals surface area contributed by atoms with E-state index in [0.29, 0.717) is 16.6 Å². The van der Waals surface area contributed by atoms with Crippen molar-refractivity contribution in [3.05, 3.63) is 56.7 Å². The van der Waals surface area contributed by atoms with E-state index in [0.717, 1.165) is 16.0 Å². The van der Waals surface area contributed by atoms with Gasteiger partial charge in [-0.2, -0.15) is 0 Å². The smallest absolute Gasteiger partial charge is 0.106 e. The summed E-state index contributed by atoms with van der Waals surface area (Å²) in [6, 6.07) is 11.3. The lowest BCUT2D eigenvalue weighted by Gasteiger charge is -2.08. The van der Waals surface area contributed by atoms with Crippen molar-refractivity contribution in [3.8, 4) is 0 Å². The summed E-state index contributed by atoms with van der Waals surface area (Å²) in [5.74, 6) is 0. The lowest BCUT2D eigenvalue weighted by molar-refractivity contribution is 1.03. The maximum atomic E-state index is 6.07. The van der Waals surface area contributed by atoms with Crippen LogP contribution in [-0.4, -0.2) is 4.98 Å². The van der Waals surface area contributed by atoms with E-state index < -0.39 is 0 Å². The predicted molar refractivity (Wildman–Crippen MR) is 75.7 cm³/mol. The van der Waals surface area contributed by atoms with Crippen molar-refractivity contribution in [2.45, 2.75) is 6.54 Å². The second kappa shape index (κ2) is 5.71. The summed E-state index contributed by atoms with van der Waals surface area (Å²) < 4.78 is 0.814. The zero-order valence-electron chi connectivity index (χ0n) is 8.75. The molecule has 88 valence electrons. The van der Waals surface area contributed by atoms with E-state index in [1.807, 2.05) is 30.3 Å². The number of hydrogen-bond acceptors (Lipinski definition) is 2. The van der Waals surface area contributed by atoms with Crippen LogP contribution in [0.1, 0.15) is 5.69 Å². The molecule has 1 aromatic carbocycles. The molecule has 5 heteroatoms. The molecule has 2 rings (SSSR count). The summed E-state index contributed by atoms with van der Waals surface area (Å²) in [6.45, 7) is 0.597. The van der Waals surface area contributed by atoms with Crippen LogP contribution < -0.4 is 5.32 Å². The van der Waals surface area contributed by atoms with Crippen molar-refractivity contribution in [1.29, 1.82) is 0 Å². The number of aromatic nitrogens is 1. The van der Waals surface area contributed by atoms with Crippen LogP contribution in [0.25, 0.3) is 0 Å². The zero-order valence-corrected chi connectivity index (χ0v) is 11.9. The van der Waals surface area contributed by atoms with Crippen molar-refractivity contribution >= 4 is 44.8 Å². The summed E-state index contributed by atoms with van der Waals surface area (Å²) in [5, 5.41) is 4.27. The molecule has 1 aromatic heterocycles. The van der Waals surface area contributed by atoms with Crippen molar-refractivity contribution in [1.82, 2.24) is 4.98 Å². The number of nitrogens with one attached hydrogen (secondary N) is 1. The average Bonchev–Trinajstić information content (AvgIpc) is 2.31. The van der Waals surface area contributed by atoms with Crippen molar-refractivity contribution in [2.75, 3.05) is 5.32 Å². The Morgan fingerprint density at radius 3 is 2.65 bits per heavy atom. The van der Waals surface area contributed by atoms with Gasteiger partial charge in [-0.3, -0.25) is 0 Å². The van der Waals surface area contributed by atoms with Crippen molar-refractivity contribution < 1.29 is 0 Å². The van der Waals surface area contributed by atoms with Crippen molar-refractivity contribution in [3.63, 3.8) is 0 Å². The molecule has 0 saturated carbocycles. The molecular weight excluding hydrogens is 323 g/mol. The van der Waals surface area contributed by atoms with Crippen LogP contribution in [0.15, 0.2) is 41.0 Å². The molecule has 0 aliphatic rings. The van der Waals surface area contributed by atoms with Crippen LogP contribution in [0.5, 0.6) is 0 Å². The number of rotatable bonds is 3. The van der Waals surface area contributed by atoms with Gasteiger partial charge in [0, 0.05) is 0 Å². The monoisotopic (exact) mass is 330 g/mol. The molecule has 0 amide bonds. The molecule has 0 bridgehead atoms. The first kappa shape index (κ1) is 12.7. The molecule has 0 aliphatic heterocycles. The number of hydrogen-bond donors (Lipinski definition) is 1.